The fraction of sp³-hybridized carbons (Fsp3) is 0.0938. The molecule has 182 valence electrons. The number of aryl methyl sites for hydroxylation is 1. The van der Waals surface area contributed by atoms with Crippen molar-refractivity contribution in [1.82, 2.24) is 9.97 Å². The first-order valence-corrected chi connectivity index (χ1v) is 14.7. The van der Waals surface area contributed by atoms with Crippen LogP contribution >= 0.6 is 20.7 Å². The second kappa shape index (κ2) is 10.3. The molecule has 2 aliphatic heterocycles. The molecule has 1 atom stereocenters. The van der Waals surface area contributed by atoms with Crippen molar-refractivity contribution < 1.29 is 0 Å². The Balaban J connectivity index is 1.44. The second-order valence-electron chi connectivity index (χ2n) is 9.16. The van der Waals surface area contributed by atoms with Crippen molar-refractivity contribution in [1.29, 1.82) is 0 Å². The van der Waals surface area contributed by atoms with Gasteiger partial charge in [-0.3, -0.25) is 4.99 Å². The average Bonchev–Trinajstić information content (AvgIpc) is 3.72. The highest BCUT2D eigenvalue weighted by Crippen LogP contribution is 2.30. The number of nitrogens with zero attached hydrogens (tertiary/aromatic N) is 2. The van der Waals surface area contributed by atoms with Gasteiger partial charge in [0.05, 0.1) is 17.5 Å². The van der Waals surface area contributed by atoms with E-state index in [2.05, 4.69) is 125 Å². The molecular formula is C32H27IN4. The Bertz CT molecular complexity index is 1730. The maximum atomic E-state index is 5.00. The molecule has 2 N–H and O–H groups in total. The molecule has 6 rings (SSSR count). The minimum atomic E-state index is -0.204. The number of rotatable bonds is 5. The minimum Gasteiger partial charge on any atom is -0.359 e. The summed E-state index contributed by atoms with van der Waals surface area (Å²) in [5, 5.41) is 2.13. The molecule has 0 spiro atoms. The van der Waals surface area contributed by atoms with E-state index in [0.717, 1.165) is 44.6 Å². The van der Waals surface area contributed by atoms with E-state index in [4.69, 9.17) is 9.98 Å². The predicted octanol–water partition coefficient (Wildman–Crippen LogP) is 5.67. The minimum absolute atomic E-state index is 0.204. The summed E-state index contributed by atoms with van der Waals surface area (Å²) in [4.78, 5) is 17.1. The van der Waals surface area contributed by atoms with Crippen LogP contribution in [0.15, 0.2) is 113 Å². The third-order valence-corrected chi connectivity index (χ3v) is 9.11. The lowest BCUT2D eigenvalue weighted by molar-refractivity contribution is 1.02. The molecule has 4 nitrogen and oxygen atoms in total. The molecule has 0 aliphatic carbocycles. The standard InChI is InChI=1S/C32H27IN4/c1-21-13-16-27(34-21)30(23-9-5-3-6-10-23)28-17-14-25(36-28)19-26-15-18-29(37-26)31(24-11-7-4-8-12-24)32-33-20-22(2)35-32/h3-20,22,34,37H,1-2H3/b26-19-,30-28?,31-29-. The van der Waals surface area contributed by atoms with Gasteiger partial charge in [0.1, 0.15) is 3.72 Å². The molecule has 2 aliphatic rings. The van der Waals surface area contributed by atoms with Gasteiger partial charge < -0.3 is 9.97 Å². The highest BCUT2D eigenvalue weighted by Gasteiger charge is 2.16. The molecule has 0 bridgehead atoms. The Morgan fingerprint density at radius 1 is 0.811 bits per heavy atom. The molecule has 0 amide bonds. The van der Waals surface area contributed by atoms with Gasteiger partial charge in [-0.05, 0) is 71.5 Å². The summed E-state index contributed by atoms with van der Waals surface area (Å²) in [5.74, 6) is 0. The van der Waals surface area contributed by atoms with Crippen LogP contribution in [0.4, 0.5) is 0 Å². The Morgan fingerprint density at radius 3 is 2.19 bits per heavy atom. The van der Waals surface area contributed by atoms with Crippen molar-refractivity contribution >= 4 is 51.4 Å². The number of hydrogen-bond acceptors (Lipinski definition) is 2. The van der Waals surface area contributed by atoms with E-state index in [1.807, 2.05) is 6.07 Å². The van der Waals surface area contributed by atoms with Gasteiger partial charge in [0, 0.05) is 33.2 Å². The Labute approximate surface area is 226 Å². The lowest BCUT2D eigenvalue weighted by Crippen LogP contribution is -2.17. The van der Waals surface area contributed by atoms with Crippen LogP contribution in [-0.4, -0.2) is 29.5 Å². The normalized spacial score (nSPS) is 19.5. The van der Waals surface area contributed by atoms with Crippen LogP contribution in [0.1, 0.15) is 29.4 Å². The van der Waals surface area contributed by atoms with Crippen molar-refractivity contribution in [2.24, 2.45) is 9.98 Å². The first-order chi connectivity index (χ1) is 18.1. The molecule has 4 heterocycles. The number of H-pyrrole nitrogens is 2. The van der Waals surface area contributed by atoms with E-state index >= 15 is 0 Å². The van der Waals surface area contributed by atoms with Crippen LogP contribution < -0.4 is 10.7 Å². The van der Waals surface area contributed by atoms with Crippen molar-refractivity contribution in [2.45, 2.75) is 19.9 Å². The topological polar surface area (TPSA) is 56.3 Å². The Kier molecular flexibility index (Phi) is 6.53. The molecular weight excluding hydrogens is 567 g/mol. The molecule has 2 aromatic heterocycles. The van der Waals surface area contributed by atoms with Crippen molar-refractivity contribution in [3.8, 4) is 0 Å². The zero-order chi connectivity index (χ0) is 25.2. The molecule has 0 saturated carbocycles. The summed E-state index contributed by atoms with van der Waals surface area (Å²) in [6, 6.07) is 29.8. The number of aromatic nitrogens is 2. The van der Waals surface area contributed by atoms with Crippen LogP contribution in [0.2, 0.25) is 0 Å². The quantitative estimate of drug-likeness (QED) is 0.280. The number of nitrogens with one attached hydrogen (secondary N) is 2. The molecule has 0 fully saturated rings. The van der Waals surface area contributed by atoms with Crippen molar-refractivity contribution in [2.75, 3.05) is 0 Å². The molecule has 0 radical (unpaired) electrons. The van der Waals surface area contributed by atoms with Crippen molar-refractivity contribution in [3.63, 3.8) is 0 Å². The van der Waals surface area contributed by atoms with Gasteiger partial charge in [-0.25, -0.2) is 4.99 Å². The van der Waals surface area contributed by atoms with Gasteiger partial charge >= 0.3 is 0 Å². The number of aromatic amines is 2. The first-order valence-electron chi connectivity index (χ1n) is 12.4. The van der Waals surface area contributed by atoms with E-state index in [-0.39, 0.29) is 20.7 Å². The lowest BCUT2D eigenvalue weighted by Gasteiger charge is -2.08. The molecule has 37 heavy (non-hydrogen) atoms. The number of allylic oxidation sites excluding steroid dienone is 2. The predicted molar refractivity (Wildman–Crippen MR) is 165 cm³/mol. The summed E-state index contributed by atoms with van der Waals surface area (Å²) in [6.07, 6.45) is 6.29. The van der Waals surface area contributed by atoms with E-state index in [0.29, 0.717) is 6.04 Å². The highest BCUT2D eigenvalue weighted by molar-refractivity contribution is 14.2. The summed E-state index contributed by atoms with van der Waals surface area (Å²) < 4.78 is 3.61. The van der Waals surface area contributed by atoms with E-state index in [1.54, 1.807) is 0 Å². The van der Waals surface area contributed by atoms with Crippen LogP contribution in [0.3, 0.4) is 0 Å². The third kappa shape index (κ3) is 5.04. The van der Waals surface area contributed by atoms with Crippen LogP contribution in [-0.2, 0) is 0 Å². The molecule has 4 aromatic rings. The largest absolute Gasteiger partial charge is 0.359 e. The summed E-state index contributed by atoms with van der Waals surface area (Å²) in [5.41, 5.74) is 8.75. The van der Waals surface area contributed by atoms with E-state index < -0.39 is 0 Å². The van der Waals surface area contributed by atoms with Gasteiger partial charge in [0.15, 0.2) is 0 Å². The van der Waals surface area contributed by atoms with E-state index in [1.165, 1.54) is 14.9 Å². The Morgan fingerprint density at radius 2 is 1.54 bits per heavy atom. The van der Waals surface area contributed by atoms with Crippen LogP contribution in [0, 0.1) is 6.92 Å². The second-order valence-corrected chi connectivity index (χ2v) is 11.5. The average molecular weight is 594 g/mol. The molecule has 1 unspecified atom stereocenters. The van der Waals surface area contributed by atoms with E-state index in [9.17, 15) is 0 Å². The number of hydrogen-bond donors (Lipinski definition) is 2. The van der Waals surface area contributed by atoms with Crippen LogP contribution in [0.25, 0.3) is 17.2 Å². The maximum absolute atomic E-state index is 5.00. The molecule has 2 aromatic carbocycles. The molecule has 0 saturated heterocycles. The van der Waals surface area contributed by atoms with Gasteiger partial charge in [-0.15, -0.1) is 0 Å². The molecule has 5 heteroatoms. The SMILES string of the molecule is Cc1ccc(C(=C2C=CC(/C=c3/cc/c(=C(/C4=NC(C)C=I4)c4ccccc4)[nH]3)=N2)c2ccccc2)[nH]1. The van der Waals surface area contributed by atoms with Crippen LogP contribution in [0.5, 0.6) is 0 Å². The van der Waals surface area contributed by atoms with Gasteiger partial charge in [0.2, 0.25) is 0 Å². The number of aliphatic imine (C=N–C) groups is 2. The zero-order valence-electron chi connectivity index (χ0n) is 20.7. The fourth-order valence-electron chi connectivity index (χ4n) is 4.59. The summed E-state index contributed by atoms with van der Waals surface area (Å²) >= 11 is -0.204. The highest BCUT2D eigenvalue weighted by atomic mass is 127. The maximum Gasteiger partial charge on any atom is 0.100 e. The fourth-order valence-corrected chi connectivity index (χ4v) is 7.13. The van der Waals surface area contributed by atoms with Gasteiger partial charge in [-0.2, -0.15) is 0 Å². The first kappa shape index (κ1) is 23.6. The zero-order valence-corrected chi connectivity index (χ0v) is 22.9. The Hall–Kier alpha value is -3.84. The van der Waals surface area contributed by atoms with Gasteiger partial charge in [0.25, 0.3) is 0 Å². The van der Waals surface area contributed by atoms with Crippen molar-refractivity contribution in [3.05, 3.63) is 136 Å². The number of benzene rings is 2. The monoisotopic (exact) mass is 594 g/mol. The lowest BCUT2D eigenvalue weighted by atomic mass is 10.0. The van der Waals surface area contributed by atoms with Gasteiger partial charge in [-0.1, -0.05) is 81.4 Å². The number of halogens is 1. The third-order valence-electron chi connectivity index (χ3n) is 6.30. The summed E-state index contributed by atoms with van der Waals surface area (Å²) in [7, 11) is 0. The smallest absolute Gasteiger partial charge is 0.100 e. The summed E-state index contributed by atoms with van der Waals surface area (Å²) in [6.45, 7) is 4.24.